The maximum absolute atomic E-state index is 5.98. The number of likely N-dealkylation sites (N-methyl/N-ethyl adjacent to an activating group) is 1. The van der Waals surface area contributed by atoms with E-state index in [1.54, 1.807) is 0 Å². The number of benzene rings is 1. The summed E-state index contributed by atoms with van der Waals surface area (Å²) in [7, 11) is 6.40. The summed E-state index contributed by atoms with van der Waals surface area (Å²) in [6.07, 6.45) is 2.50. The van der Waals surface area contributed by atoms with Crippen molar-refractivity contribution in [2.75, 3.05) is 53.9 Å². The van der Waals surface area contributed by atoms with Crippen LogP contribution in [0.5, 0.6) is 5.75 Å². The minimum atomic E-state index is 0.373. The number of ether oxygens (including phenoxy) is 1. The lowest BCUT2D eigenvalue weighted by Crippen LogP contribution is -2.32. The van der Waals surface area contributed by atoms with E-state index in [2.05, 4.69) is 67.4 Å². The van der Waals surface area contributed by atoms with E-state index in [1.165, 1.54) is 31.5 Å². The topological polar surface area (TPSA) is 27.7 Å². The van der Waals surface area contributed by atoms with E-state index in [4.69, 9.17) is 4.74 Å². The highest BCUT2D eigenvalue weighted by atomic mass is 16.5. The zero-order valence-corrected chi connectivity index (χ0v) is 15.2. The number of hydrogen-bond donors (Lipinski definition) is 1. The average molecular weight is 319 g/mol. The number of piperidine rings is 1. The van der Waals surface area contributed by atoms with Gasteiger partial charge >= 0.3 is 0 Å². The summed E-state index contributed by atoms with van der Waals surface area (Å²) in [5, 5.41) is 3.55. The maximum atomic E-state index is 5.98. The first-order chi connectivity index (χ1) is 11.0. The summed E-state index contributed by atoms with van der Waals surface area (Å²) in [5.41, 5.74) is 1.32. The third-order valence-corrected chi connectivity index (χ3v) is 4.71. The van der Waals surface area contributed by atoms with Crippen molar-refractivity contribution in [3.63, 3.8) is 0 Å². The zero-order valence-electron chi connectivity index (χ0n) is 15.2. The largest absolute Gasteiger partial charge is 0.493 e. The lowest BCUT2D eigenvalue weighted by atomic mass is 9.98. The molecule has 0 aromatic heterocycles. The molecule has 130 valence electrons. The van der Waals surface area contributed by atoms with E-state index in [1.807, 2.05) is 0 Å². The SMILES string of the molecule is C[C@@H](NCCN(C)C)c1ccc(OCC2CCN(C)CC2)cc1. The van der Waals surface area contributed by atoms with Gasteiger partial charge in [0.05, 0.1) is 6.61 Å². The van der Waals surface area contributed by atoms with Gasteiger partial charge in [0.15, 0.2) is 0 Å². The summed E-state index contributed by atoms with van der Waals surface area (Å²) < 4.78 is 5.98. The predicted molar refractivity (Wildman–Crippen MR) is 97.1 cm³/mol. The fourth-order valence-electron chi connectivity index (χ4n) is 2.92. The van der Waals surface area contributed by atoms with E-state index in [0.29, 0.717) is 12.0 Å². The summed E-state index contributed by atoms with van der Waals surface area (Å²) in [6.45, 7) is 7.52. The smallest absolute Gasteiger partial charge is 0.119 e. The third kappa shape index (κ3) is 6.50. The summed E-state index contributed by atoms with van der Waals surface area (Å²) in [6, 6.07) is 8.94. The van der Waals surface area contributed by atoms with Gasteiger partial charge in [-0.3, -0.25) is 0 Å². The van der Waals surface area contributed by atoms with Crippen molar-refractivity contribution in [1.29, 1.82) is 0 Å². The molecule has 2 rings (SSSR count). The first kappa shape index (κ1) is 18.2. The van der Waals surface area contributed by atoms with Crippen molar-refractivity contribution in [2.45, 2.75) is 25.8 Å². The molecule has 0 bridgehead atoms. The van der Waals surface area contributed by atoms with Gasteiger partial charge in [-0.2, -0.15) is 0 Å². The molecule has 1 N–H and O–H groups in total. The van der Waals surface area contributed by atoms with Crippen molar-refractivity contribution in [2.24, 2.45) is 5.92 Å². The number of rotatable bonds is 8. The van der Waals surface area contributed by atoms with Crippen LogP contribution in [0.2, 0.25) is 0 Å². The Morgan fingerprint density at radius 2 is 1.87 bits per heavy atom. The molecular weight excluding hydrogens is 286 g/mol. The number of nitrogens with one attached hydrogen (secondary N) is 1. The molecule has 1 saturated heterocycles. The highest BCUT2D eigenvalue weighted by Crippen LogP contribution is 2.21. The minimum Gasteiger partial charge on any atom is -0.493 e. The van der Waals surface area contributed by atoms with Gasteiger partial charge in [0.2, 0.25) is 0 Å². The first-order valence-electron chi connectivity index (χ1n) is 8.84. The molecule has 1 aromatic carbocycles. The molecule has 0 radical (unpaired) electrons. The van der Waals surface area contributed by atoms with Crippen LogP contribution in [0, 0.1) is 5.92 Å². The molecule has 1 aliphatic heterocycles. The summed E-state index contributed by atoms with van der Waals surface area (Å²) in [5.74, 6) is 1.70. The van der Waals surface area contributed by atoms with Crippen LogP contribution in [0.3, 0.4) is 0 Å². The molecule has 1 aliphatic rings. The van der Waals surface area contributed by atoms with Crippen LogP contribution in [0.4, 0.5) is 0 Å². The summed E-state index contributed by atoms with van der Waals surface area (Å²) >= 11 is 0. The highest BCUT2D eigenvalue weighted by Gasteiger charge is 2.17. The Kier molecular flexibility index (Phi) is 7.34. The van der Waals surface area contributed by atoms with Gasteiger partial charge in [-0.25, -0.2) is 0 Å². The van der Waals surface area contributed by atoms with Gasteiger partial charge < -0.3 is 19.9 Å². The molecule has 0 saturated carbocycles. The average Bonchev–Trinajstić information content (AvgIpc) is 2.54. The predicted octanol–water partition coefficient (Wildman–Crippen LogP) is 2.62. The van der Waals surface area contributed by atoms with Crippen LogP contribution in [0.15, 0.2) is 24.3 Å². The monoisotopic (exact) mass is 319 g/mol. The molecule has 4 heteroatoms. The van der Waals surface area contributed by atoms with E-state index in [-0.39, 0.29) is 0 Å². The fraction of sp³-hybridized carbons (Fsp3) is 0.684. The van der Waals surface area contributed by atoms with Crippen LogP contribution in [-0.2, 0) is 0 Å². The Morgan fingerprint density at radius 3 is 2.48 bits per heavy atom. The quantitative estimate of drug-likeness (QED) is 0.797. The second-order valence-corrected chi connectivity index (χ2v) is 7.11. The van der Waals surface area contributed by atoms with Gasteiger partial charge in [0.25, 0.3) is 0 Å². The van der Waals surface area contributed by atoms with Gasteiger partial charge in [-0.05, 0) is 77.6 Å². The summed E-state index contributed by atoms with van der Waals surface area (Å²) in [4.78, 5) is 4.59. The lowest BCUT2D eigenvalue weighted by molar-refractivity contribution is 0.160. The molecular formula is C19H33N3O. The van der Waals surface area contributed by atoms with Crippen LogP contribution >= 0.6 is 0 Å². The van der Waals surface area contributed by atoms with Gasteiger partial charge in [-0.1, -0.05) is 12.1 Å². The molecule has 1 fully saturated rings. The fourth-order valence-corrected chi connectivity index (χ4v) is 2.92. The second-order valence-electron chi connectivity index (χ2n) is 7.11. The highest BCUT2D eigenvalue weighted by molar-refractivity contribution is 5.29. The molecule has 0 unspecified atom stereocenters. The molecule has 0 spiro atoms. The Morgan fingerprint density at radius 1 is 1.22 bits per heavy atom. The van der Waals surface area contributed by atoms with Gasteiger partial charge in [0, 0.05) is 19.1 Å². The molecule has 23 heavy (non-hydrogen) atoms. The third-order valence-electron chi connectivity index (χ3n) is 4.71. The maximum Gasteiger partial charge on any atom is 0.119 e. The second kappa shape index (κ2) is 9.26. The number of hydrogen-bond acceptors (Lipinski definition) is 4. The molecule has 4 nitrogen and oxygen atoms in total. The molecule has 1 aromatic rings. The zero-order chi connectivity index (χ0) is 16.7. The van der Waals surface area contributed by atoms with Crippen LogP contribution < -0.4 is 10.1 Å². The Bertz CT molecular complexity index is 438. The van der Waals surface area contributed by atoms with E-state index < -0.39 is 0 Å². The van der Waals surface area contributed by atoms with E-state index in [9.17, 15) is 0 Å². The van der Waals surface area contributed by atoms with Crippen molar-refractivity contribution in [3.8, 4) is 5.75 Å². The molecule has 0 amide bonds. The molecule has 1 heterocycles. The van der Waals surface area contributed by atoms with Gasteiger partial charge in [-0.15, -0.1) is 0 Å². The molecule has 0 aliphatic carbocycles. The first-order valence-corrected chi connectivity index (χ1v) is 8.84. The Balaban J connectivity index is 1.73. The number of likely N-dealkylation sites (tertiary alicyclic amines) is 1. The van der Waals surface area contributed by atoms with Crippen molar-refractivity contribution < 1.29 is 4.74 Å². The lowest BCUT2D eigenvalue weighted by Gasteiger charge is -2.28. The Hall–Kier alpha value is -1.10. The van der Waals surface area contributed by atoms with Crippen LogP contribution in [-0.4, -0.2) is 63.7 Å². The normalized spacial score (nSPS) is 18.3. The van der Waals surface area contributed by atoms with Crippen molar-refractivity contribution in [1.82, 2.24) is 15.1 Å². The van der Waals surface area contributed by atoms with Crippen molar-refractivity contribution in [3.05, 3.63) is 29.8 Å². The number of nitrogens with zero attached hydrogens (tertiary/aromatic N) is 2. The molecule has 1 atom stereocenters. The standard InChI is InChI=1S/C19H33N3O/c1-16(20-11-14-21(2)3)18-5-7-19(8-6-18)23-15-17-9-12-22(4)13-10-17/h5-8,16-17,20H,9-15H2,1-4H3/t16-/m1/s1. The minimum absolute atomic E-state index is 0.373. The van der Waals surface area contributed by atoms with Crippen molar-refractivity contribution >= 4 is 0 Å². The van der Waals surface area contributed by atoms with Crippen LogP contribution in [0.1, 0.15) is 31.4 Å². The van der Waals surface area contributed by atoms with E-state index >= 15 is 0 Å². The Labute approximate surface area is 141 Å². The van der Waals surface area contributed by atoms with Gasteiger partial charge in [0.1, 0.15) is 5.75 Å². The van der Waals surface area contributed by atoms with Crippen LogP contribution in [0.25, 0.3) is 0 Å². The van der Waals surface area contributed by atoms with E-state index in [0.717, 1.165) is 25.4 Å².